The molecule has 8 heteroatoms. The summed E-state index contributed by atoms with van der Waals surface area (Å²) in [5, 5.41) is 24.4. The van der Waals surface area contributed by atoms with Crippen LogP contribution in [0.4, 0.5) is 4.79 Å². The van der Waals surface area contributed by atoms with Gasteiger partial charge in [0.05, 0.1) is 18.9 Å². The first-order valence-electron chi connectivity index (χ1n) is 11.3. The van der Waals surface area contributed by atoms with Crippen molar-refractivity contribution in [3.05, 3.63) is 59.7 Å². The first-order valence-corrected chi connectivity index (χ1v) is 11.3. The van der Waals surface area contributed by atoms with Crippen LogP contribution in [0.5, 0.6) is 0 Å². The van der Waals surface area contributed by atoms with Crippen LogP contribution in [-0.2, 0) is 14.3 Å². The molecule has 8 nitrogen and oxygen atoms in total. The number of hydrogen-bond acceptors (Lipinski definition) is 5. The molecule has 0 saturated carbocycles. The van der Waals surface area contributed by atoms with E-state index in [1.54, 1.807) is 0 Å². The van der Waals surface area contributed by atoms with Gasteiger partial charge in [0.1, 0.15) is 6.61 Å². The monoisotopic (exact) mass is 468 g/mol. The molecule has 2 atom stereocenters. The molecule has 0 heterocycles. The molecule has 0 aliphatic heterocycles. The zero-order valence-corrected chi connectivity index (χ0v) is 19.7. The highest BCUT2D eigenvalue weighted by atomic mass is 16.5. The van der Waals surface area contributed by atoms with Crippen molar-refractivity contribution in [2.45, 2.75) is 51.7 Å². The Morgan fingerprint density at radius 2 is 1.53 bits per heavy atom. The average molecular weight is 469 g/mol. The van der Waals surface area contributed by atoms with Gasteiger partial charge in [-0.05, 0) is 27.7 Å². The van der Waals surface area contributed by atoms with Crippen molar-refractivity contribution in [1.82, 2.24) is 10.6 Å². The number of rotatable bonds is 9. The largest absolute Gasteiger partial charge is 0.481 e. The molecule has 1 aliphatic rings. The number of aliphatic carboxylic acids is 1. The van der Waals surface area contributed by atoms with Gasteiger partial charge >= 0.3 is 12.1 Å². The van der Waals surface area contributed by atoms with E-state index in [9.17, 15) is 19.5 Å². The Labute approximate surface area is 199 Å². The molecule has 0 saturated heterocycles. The molecular weight excluding hydrogens is 436 g/mol. The first-order chi connectivity index (χ1) is 16.1. The zero-order valence-electron chi connectivity index (χ0n) is 19.7. The van der Waals surface area contributed by atoms with Crippen LogP contribution >= 0.6 is 0 Å². The van der Waals surface area contributed by atoms with Gasteiger partial charge in [-0.3, -0.25) is 9.59 Å². The lowest BCUT2D eigenvalue weighted by Gasteiger charge is -2.30. The Morgan fingerprint density at radius 1 is 0.971 bits per heavy atom. The van der Waals surface area contributed by atoms with Gasteiger partial charge in [-0.1, -0.05) is 69.3 Å². The van der Waals surface area contributed by atoms with Crippen molar-refractivity contribution in [2.75, 3.05) is 13.2 Å². The summed E-state index contributed by atoms with van der Waals surface area (Å²) in [5.41, 5.74) is 4.00. The minimum atomic E-state index is -1.13. The molecule has 0 spiro atoms. The molecule has 4 N–H and O–H groups in total. The van der Waals surface area contributed by atoms with Gasteiger partial charge in [-0.25, -0.2) is 4.79 Å². The van der Waals surface area contributed by atoms with Crippen LogP contribution in [0, 0.1) is 5.41 Å². The average Bonchev–Trinajstić information content (AvgIpc) is 3.08. The maximum absolute atomic E-state index is 12.3. The molecule has 2 aromatic rings. The smallest absolute Gasteiger partial charge is 0.407 e. The van der Waals surface area contributed by atoms with E-state index in [1.165, 1.54) is 0 Å². The molecule has 0 radical (unpaired) electrons. The standard InChI is InChI=1S/C26H32N2O6/c1-26(2,3)22(13-24(31)32)28-23(30)12-16(29)14-27-25(33)34-15-21-19-10-6-4-8-17(19)18-9-5-7-11-20(18)21/h4-11,16,21-22,29H,12-15H2,1-3H3,(H,27,33)(H,28,30)(H,31,32). The van der Waals surface area contributed by atoms with Crippen LogP contribution in [0.2, 0.25) is 0 Å². The highest BCUT2D eigenvalue weighted by Gasteiger charge is 2.30. The predicted molar refractivity (Wildman–Crippen MR) is 127 cm³/mol. The SMILES string of the molecule is CC(C)(C)C(CC(=O)O)NC(=O)CC(O)CNC(=O)OCC1c2ccccc2-c2ccccc21. The Balaban J connectivity index is 1.47. The number of carbonyl (C=O) groups excluding carboxylic acids is 2. The summed E-state index contributed by atoms with van der Waals surface area (Å²) in [6.45, 7) is 5.48. The second-order valence-corrected chi connectivity index (χ2v) is 9.65. The van der Waals surface area contributed by atoms with Gasteiger partial charge in [0.2, 0.25) is 5.91 Å². The van der Waals surface area contributed by atoms with Gasteiger partial charge in [0, 0.05) is 18.5 Å². The lowest BCUT2D eigenvalue weighted by Crippen LogP contribution is -2.46. The third-order valence-electron chi connectivity index (χ3n) is 6.01. The molecule has 2 unspecified atom stereocenters. The summed E-state index contributed by atoms with van der Waals surface area (Å²) < 4.78 is 5.42. The van der Waals surface area contributed by atoms with Gasteiger partial charge in [-0.2, -0.15) is 0 Å². The number of carboxylic acid groups (broad SMARTS) is 1. The number of ether oxygens (including phenoxy) is 1. The fourth-order valence-electron chi connectivity index (χ4n) is 4.14. The summed E-state index contributed by atoms with van der Waals surface area (Å²) in [7, 11) is 0. The molecule has 0 fully saturated rings. The number of carbonyl (C=O) groups is 3. The van der Waals surface area contributed by atoms with E-state index >= 15 is 0 Å². The van der Waals surface area contributed by atoms with E-state index in [1.807, 2.05) is 57.2 Å². The fraction of sp³-hybridized carbons (Fsp3) is 0.423. The number of alkyl carbamates (subject to hydrolysis) is 1. The summed E-state index contributed by atoms with van der Waals surface area (Å²) in [5.74, 6) is -1.57. The molecule has 0 aromatic heterocycles. The highest BCUT2D eigenvalue weighted by molar-refractivity contribution is 5.79. The van der Waals surface area contributed by atoms with E-state index in [0.29, 0.717) is 0 Å². The van der Waals surface area contributed by atoms with Crippen molar-refractivity contribution in [3.8, 4) is 11.1 Å². The highest BCUT2D eigenvalue weighted by Crippen LogP contribution is 2.44. The number of nitrogens with one attached hydrogen (secondary N) is 2. The minimum absolute atomic E-state index is 0.0718. The summed E-state index contributed by atoms with van der Waals surface area (Å²) in [6, 6.07) is 15.5. The minimum Gasteiger partial charge on any atom is -0.481 e. The maximum Gasteiger partial charge on any atom is 0.407 e. The molecule has 0 bridgehead atoms. The number of aliphatic hydroxyl groups is 1. The number of amides is 2. The second-order valence-electron chi connectivity index (χ2n) is 9.65. The van der Waals surface area contributed by atoms with Gasteiger partial charge in [0.15, 0.2) is 0 Å². The molecule has 2 aromatic carbocycles. The normalized spacial score (nSPS) is 14.5. The third kappa shape index (κ3) is 6.35. The van der Waals surface area contributed by atoms with E-state index in [4.69, 9.17) is 9.84 Å². The second kappa shape index (κ2) is 10.7. The Hall–Kier alpha value is -3.39. The molecule has 3 rings (SSSR count). The van der Waals surface area contributed by atoms with Gasteiger partial charge < -0.3 is 25.6 Å². The van der Waals surface area contributed by atoms with Crippen LogP contribution in [0.25, 0.3) is 11.1 Å². The quantitative estimate of drug-likeness (QED) is 0.448. The number of aliphatic hydroxyl groups excluding tert-OH is 1. The summed E-state index contributed by atoms with van der Waals surface area (Å²) >= 11 is 0. The van der Waals surface area contributed by atoms with Crippen molar-refractivity contribution < 1.29 is 29.3 Å². The summed E-state index contributed by atoms with van der Waals surface area (Å²) in [4.78, 5) is 35.6. The van der Waals surface area contributed by atoms with Crippen molar-refractivity contribution in [3.63, 3.8) is 0 Å². The Bertz CT molecular complexity index is 1000. The van der Waals surface area contributed by atoms with Crippen LogP contribution in [0.3, 0.4) is 0 Å². The topological polar surface area (TPSA) is 125 Å². The molecule has 34 heavy (non-hydrogen) atoms. The first kappa shape index (κ1) is 25.2. The van der Waals surface area contributed by atoms with Crippen LogP contribution in [0.1, 0.15) is 50.7 Å². The lowest BCUT2D eigenvalue weighted by atomic mass is 9.84. The fourth-order valence-corrected chi connectivity index (χ4v) is 4.14. The zero-order chi connectivity index (χ0) is 24.9. The lowest BCUT2D eigenvalue weighted by molar-refractivity contribution is -0.138. The maximum atomic E-state index is 12.3. The summed E-state index contributed by atoms with van der Waals surface area (Å²) in [6.07, 6.45) is -2.30. The molecule has 182 valence electrons. The molecule has 1 aliphatic carbocycles. The number of benzene rings is 2. The van der Waals surface area contributed by atoms with Crippen molar-refractivity contribution in [1.29, 1.82) is 0 Å². The van der Waals surface area contributed by atoms with E-state index in [2.05, 4.69) is 22.8 Å². The van der Waals surface area contributed by atoms with Crippen LogP contribution in [0.15, 0.2) is 48.5 Å². The Morgan fingerprint density at radius 3 is 2.06 bits per heavy atom. The number of carboxylic acids is 1. The van der Waals surface area contributed by atoms with Gasteiger partial charge in [-0.15, -0.1) is 0 Å². The van der Waals surface area contributed by atoms with E-state index in [-0.39, 0.29) is 31.9 Å². The predicted octanol–water partition coefficient (Wildman–Crippen LogP) is 3.28. The Kier molecular flexibility index (Phi) is 7.94. The van der Waals surface area contributed by atoms with E-state index < -0.39 is 35.5 Å². The third-order valence-corrected chi connectivity index (χ3v) is 6.01. The number of fused-ring (bicyclic) bond motifs is 3. The van der Waals surface area contributed by atoms with Crippen LogP contribution in [-0.4, -0.2) is 53.5 Å². The van der Waals surface area contributed by atoms with Gasteiger partial charge in [0.25, 0.3) is 0 Å². The van der Waals surface area contributed by atoms with Crippen molar-refractivity contribution in [2.24, 2.45) is 5.41 Å². The van der Waals surface area contributed by atoms with Crippen LogP contribution < -0.4 is 10.6 Å². The molecular formula is C26H32N2O6. The van der Waals surface area contributed by atoms with Crippen molar-refractivity contribution >= 4 is 18.0 Å². The van der Waals surface area contributed by atoms with E-state index in [0.717, 1.165) is 22.3 Å². The number of hydrogen-bond donors (Lipinski definition) is 4. The molecule has 2 amide bonds.